The molecule has 2 aromatic carbocycles. The van der Waals surface area contributed by atoms with Gasteiger partial charge in [0.05, 0.1) is 16.8 Å². The van der Waals surface area contributed by atoms with Crippen LogP contribution in [0.15, 0.2) is 33.7 Å². The van der Waals surface area contributed by atoms with Crippen LogP contribution in [0.4, 0.5) is 0 Å². The number of ether oxygens (including phenoxy) is 2. The Hall–Kier alpha value is -3.23. The zero-order valence-electron chi connectivity index (χ0n) is 18.8. The predicted molar refractivity (Wildman–Crippen MR) is 120 cm³/mol. The number of hydrogen-bond donors (Lipinski definition) is 4. The Morgan fingerprint density at radius 1 is 0.909 bits per heavy atom. The van der Waals surface area contributed by atoms with Gasteiger partial charge in [-0.05, 0) is 39.8 Å². The molecule has 8 nitrogen and oxygen atoms in total. The van der Waals surface area contributed by atoms with Gasteiger partial charge >= 0.3 is 0 Å². The summed E-state index contributed by atoms with van der Waals surface area (Å²) in [5.74, 6) is 0.446. The van der Waals surface area contributed by atoms with E-state index >= 15 is 0 Å². The Morgan fingerprint density at radius 2 is 1.55 bits per heavy atom. The first-order chi connectivity index (χ1) is 15.4. The van der Waals surface area contributed by atoms with Gasteiger partial charge in [0.1, 0.15) is 52.4 Å². The van der Waals surface area contributed by atoms with Gasteiger partial charge < -0.3 is 34.3 Å². The van der Waals surface area contributed by atoms with E-state index in [0.29, 0.717) is 28.2 Å². The zero-order chi connectivity index (χ0) is 23.9. The van der Waals surface area contributed by atoms with Gasteiger partial charge in [0.2, 0.25) is 5.43 Å². The van der Waals surface area contributed by atoms with Crippen LogP contribution in [0.5, 0.6) is 23.0 Å². The summed E-state index contributed by atoms with van der Waals surface area (Å²) in [6.45, 7) is 6.47. The van der Waals surface area contributed by atoms with Crippen molar-refractivity contribution in [1.29, 1.82) is 0 Å². The van der Waals surface area contributed by atoms with Crippen molar-refractivity contribution < 1.29 is 34.3 Å². The minimum atomic E-state index is -1.16. The second-order valence-electron chi connectivity index (χ2n) is 9.92. The number of aromatic hydroxyl groups is 2. The van der Waals surface area contributed by atoms with Crippen molar-refractivity contribution in [2.75, 3.05) is 0 Å². The molecule has 5 rings (SSSR count). The van der Waals surface area contributed by atoms with E-state index in [0.717, 1.165) is 0 Å². The third-order valence-electron chi connectivity index (χ3n) is 6.51. The molecule has 8 heteroatoms. The molecule has 2 aliphatic rings. The normalized spacial score (nSPS) is 19.8. The van der Waals surface area contributed by atoms with E-state index in [1.807, 2.05) is 0 Å². The monoisotopic (exact) mass is 454 g/mol. The molecule has 1 aromatic heterocycles. The molecule has 0 amide bonds. The number of phenols is 2. The lowest BCUT2D eigenvalue weighted by molar-refractivity contribution is -0.0230. The largest absolute Gasteiger partial charge is 0.508 e. The van der Waals surface area contributed by atoms with Crippen molar-refractivity contribution in [3.63, 3.8) is 0 Å². The molecule has 2 atom stereocenters. The van der Waals surface area contributed by atoms with Gasteiger partial charge in [-0.3, -0.25) is 4.79 Å². The topological polar surface area (TPSA) is 130 Å². The molecule has 33 heavy (non-hydrogen) atoms. The molecule has 2 aliphatic heterocycles. The van der Waals surface area contributed by atoms with Gasteiger partial charge in [-0.1, -0.05) is 0 Å². The zero-order valence-corrected chi connectivity index (χ0v) is 18.8. The summed E-state index contributed by atoms with van der Waals surface area (Å²) < 4.78 is 17.5. The second kappa shape index (κ2) is 6.88. The van der Waals surface area contributed by atoms with Crippen LogP contribution in [0.3, 0.4) is 0 Å². The first kappa shape index (κ1) is 21.6. The summed E-state index contributed by atoms with van der Waals surface area (Å²) in [6, 6.07) is 4.57. The molecule has 0 fully saturated rings. The quantitative estimate of drug-likeness (QED) is 0.475. The highest BCUT2D eigenvalue weighted by Gasteiger charge is 2.39. The van der Waals surface area contributed by atoms with Crippen LogP contribution in [0.25, 0.3) is 22.1 Å². The fourth-order valence-corrected chi connectivity index (χ4v) is 4.47. The summed E-state index contributed by atoms with van der Waals surface area (Å²) in [4.78, 5) is 13.5. The Labute approximate surface area is 189 Å². The maximum atomic E-state index is 13.5. The van der Waals surface area contributed by atoms with E-state index < -0.39 is 28.8 Å². The lowest BCUT2D eigenvalue weighted by Crippen LogP contribution is -2.39. The van der Waals surface area contributed by atoms with Gasteiger partial charge in [-0.2, -0.15) is 0 Å². The molecule has 0 aliphatic carbocycles. The summed E-state index contributed by atoms with van der Waals surface area (Å²) >= 11 is 0. The fraction of sp³-hybridized carbons (Fsp3) is 0.400. The van der Waals surface area contributed by atoms with E-state index in [2.05, 4.69) is 0 Å². The van der Waals surface area contributed by atoms with Crippen LogP contribution in [-0.4, -0.2) is 43.8 Å². The minimum Gasteiger partial charge on any atom is -0.508 e. The lowest BCUT2D eigenvalue weighted by atomic mass is 9.94. The molecular weight excluding hydrogens is 428 g/mol. The standard InChI is InChI=1S/C25H26O8/c1-24(2,29)18-8-13-16(32-18)9-17-20(21(13)27)22(28)14(10-31-17)11-5-6-15(26)12-7-19(25(3,4)30)33-23(11)12/h5-6,9-10,18-19,26-27,29-30H,7-8H2,1-4H3. The molecule has 174 valence electrons. The third kappa shape index (κ3) is 3.32. The SMILES string of the molecule is CC(C)(O)C1Cc2c(cc3occ(-c4ccc(O)c5c4OC(C(C)(C)O)C5)c(=O)c3c2O)O1. The Kier molecular flexibility index (Phi) is 4.51. The third-order valence-corrected chi connectivity index (χ3v) is 6.51. The summed E-state index contributed by atoms with van der Waals surface area (Å²) in [5, 5.41) is 42.0. The number of fused-ring (bicyclic) bond motifs is 3. The van der Waals surface area contributed by atoms with Crippen molar-refractivity contribution in [2.24, 2.45) is 0 Å². The molecule has 3 aromatic rings. The highest BCUT2D eigenvalue weighted by Crippen LogP contribution is 2.46. The van der Waals surface area contributed by atoms with E-state index in [9.17, 15) is 25.2 Å². The van der Waals surface area contributed by atoms with Crippen molar-refractivity contribution in [3.05, 3.63) is 45.8 Å². The molecular formula is C25H26O8. The molecule has 3 heterocycles. The van der Waals surface area contributed by atoms with Gasteiger partial charge in [-0.25, -0.2) is 0 Å². The first-order valence-corrected chi connectivity index (χ1v) is 10.8. The van der Waals surface area contributed by atoms with E-state index in [-0.39, 0.29) is 40.9 Å². The van der Waals surface area contributed by atoms with Gasteiger partial charge in [0.25, 0.3) is 0 Å². The number of rotatable bonds is 3. The van der Waals surface area contributed by atoms with Crippen LogP contribution in [0, 0.1) is 0 Å². The first-order valence-electron chi connectivity index (χ1n) is 10.8. The van der Waals surface area contributed by atoms with Crippen LogP contribution >= 0.6 is 0 Å². The van der Waals surface area contributed by atoms with E-state index in [1.54, 1.807) is 39.8 Å². The number of phenolic OH excluding ortho intramolecular Hbond substituents is 2. The average molecular weight is 454 g/mol. The van der Waals surface area contributed by atoms with E-state index in [4.69, 9.17) is 13.9 Å². The van der Waals surface area contributed by atoms with Gasteiger partial charge in [0, 0.05) is 35.6 Å². The highest BCUT2D eigenvalue weighted by atomic mass is 16.5. The van der Waals surface area contributed by atoms with Crippen molar-refractivity contribution in [1.82, 2.24) is 0 Å². The van der Waals surface area contributed by atoms with Crippen LogP contribution in [-0.2, 0) is 12.8 Å². The maximum absolute atomic E-state index is 13.5. The van der Waals surface area contributed by atoms with E-state index in [1.165, 1.54) is 12.3 Å². The van der Waals surface area contributed by atoms with Gasteiger partial charge in [-0.15, -0.1) is 0 Å². The molecule has 4 N–H and O–H groups in total. The smallest absolute Gasteiger partial charge is 0.204 e. The summed E-state index contributed by atoms with van der Waals surface area (Å²) in [7, 11) is 0. The van der Waals surface area contributed by atoms with Crippen molar-refractivity contribution in [2.45, 2.75) is 63.9 Å². The number of hydrogen-bond acceptors (Lipinski definition) is 8. The highest BCUT2D eigenvalue weighted by molar-refractivity contribution is 5.91. The lowest BCUT2D eigenvalue weighted by Gasteiger charge is -2.24. The molecule has 0 radical (unpaired) electrons. The predicted octanol–water partition coefficient (Wildman–Crippen LogP) is 3.02. The Balaban J connectivity index is 1.66. The minimum absolute atomic E-state index is 0.00473. The molecule has 0 saturated carbocycles. The Bertz CT molecular complexity index is 1340. The number of aliphatic hydroxyl groups is 2. The van der Waals surface area contributed by atoms with Crippen molar-refractivity contribution >= 4 is 11.0 Å². The molecule has 0 bridgehead atoms. The van der Waals surface area contributed by atoms with Crippen molar-refractivity contribution in [3.8, 4) is 34.1 Å². The molecule has 2 unspecified atom stereocenters. The number of benzene rings is 2. The Morgan fingerprint density at radius 3 is 2.21 bits per heavy atom. The summed E-state index contributed by atoms with van der Waals surface area (Å²) in [6.07, 6.45) is 0.643. The van der Waals surface area contributed by atoms with Crippen LogP contribution in [0.1, 0.15) is 38.8 Å². The van der Waals surface area contributed by atoms with Crippen LogP contribution < -0.4 is 14.9 Å². The second-order valence-corrected chi connectivity index (χ2v) is 9.92. The van der Waals surface area contributed by atoms with Gasteiger partial charge in [0.15, 0.2) is 0 Å². The molecule has 0 saturated heterocycles. The average Bonchev–Trinajstić information content (AvgIpc) is 3.34. The van der Waals surface area contributed by atoms with Crippen LogP contribution in [0.2, 0.25) is 0 Å². The molecule has 0 spiro atoms. The fourth-order valence-electron chi connectivity index (χ4n) is 4.47. The maximum Gasteiger partial charge on any atom is 0.204 e. The summed E-state index contributed by atoms with van der Waals surface area (Å²) in [5.41, 5.74) is -1.12.